The number of methoxy groups -OCH3 is 1. The molecule has 5 nitrogen and oxygen atoms in total. The van der Waals surface area contributed by atoms with Crippen molar-refractivity contribution in [3.8, 4) is 5.88 Å². The molecule has 0 atom stereocenters. The standard InChI is InChI=1S/C7H11BrN2O3S/c1-13-7-6(8)5-10(9-7)3-4-14(2,11)12/h5H,3-4H2,1-2H3. The van der Waals surface area contributed by atoms with E-state index in [1.54, 1.807) is 6.20 Å². The van der Waals surface area contributed by atoms with Gasteiger partial charge in [-0.05, 0) is 15.9 Å². The molecule has 1 aromatic rings. The summed E-state index contributed by atoms with van der Waals surface area (Å²) in [5.74, 6) is 0.531. The molecule has 0 amide bonds. The third-order valence-corrected chi connectivity index (χ3v) is 3.04. The number of halogens is 1. The van der Waals surface area contributed by atoms with Gasteiger partial charge in [0.1, 0.15) is 9.84 Å². The molecule has 1 rings (SSSR count). The van der Waals surface area contributed by atoms with Crippen LogP contribution in [-0.2, 0) is 16.4 Å². The van der Waals surface area contributed by atoms with Gasteiger partial charge in [-0.2, -0.15) is 0 Å². The van der Waals surface area contributed by atoms with Gasteiger partial charge >= 0.3 is 0 Å². The predicted molar refractivity (Wildman–Crippen MR) is 56.2 cm³/mol. The van der Waals surface area contributed by atoms with Crippen LogP contribution >= 0.6 is 15.9 Å². The van der Waals surface area contributed by atoms with E-state index in [4.69, 9.17) is 4.74 Å². The Morgan fingerprint density at radius 1 is 1.64 bits per heavy atom. The lowest BCUT2D eigenvalue weighted by atomic mass is 10.7. The van der Waals surface area contributed by atoms with Gasteiger partial charge < -0.3 is 4.74 Å². The Kier molecular flexibility index (Phi) is 3.54. The van der Waals surface area contributed by atoms with Gasteiger partial charge in [0.15, 0.2) is 0 Å². The smallest absolute Gasteiger partial charge is 0.246 e. The Bertz CT molecular complexity index is 413. The number of hydrogen-bond donors (Lipinski definition) is 0. The van der Waals surface area contributed by atoms with E-state index in [1.807, 2.05) is 0 Å². The van der Waals surface area contributed by atoms with Crippen molar-refractivity contribution in [2.24, 2.45) is 0 Å². The van der Waals surface area contributed by atoms with Gasteiger partial charge in [0, 0.05) is 12.5 Å². The minimum Gasteiger partial charge on any atom is -0.479 e. The SMILES string of the molecule is COc1nn(CCS(C)(=O)=O)cc1Br. The highest BCUT2D eigenvalue weighted by Gasteiger charge is 2.08. The van der Waals surface area contributed by atoms with Crippen molar-refractivity contribution < 1.29 is 13.2 Å². The molecule has 0 aliphatic carbocycles. The molecule has 80 valence electrons. The Labute approximate surface area is 91.1 Å². The van der Waals surface area contributed by atoms with Crippen LogP contribution in [0.4, 0.5) is 0 Å². The number of rotatable bonds is 4. The molecule has 0 spiro atoms. The Morgan fingerprint density at radius 3 is 2.71 bits per heavy atom. The maximum atomic E-state index is 10.9. The second-order valence-electron chi connectivity index (χ2n) is 2.88. The summed E-state index contributed by atoms with van der Waals surface area (Å²) in [6.07, 6.45) is 2.88. The largest absolute Gasteiger partial charge is 0.479 e. The van der Waals surface area contributed by atoms with E-state index < -0.39 is 9.84 Å². The molecule has 0 aliphatic rings. The molecule has 0 aliphatic heterocycles. The topological polar surface area (TPSA) is 61.2 Å². The molecule has 0 saturated carbocycles. The Hall–Kier alpha value is -0.560. The van der Waals surface area contributed by atoms with Gasteiger partial charge in [-0.15, -0.1) is 5.10 Å². The van der Waals surface area contributed by atoms with Crippen molar-refractivity contribution >= 4 is 25.8 Å². The lowest BCUT2D eigenvalue weighted by molar-refractivity contribution is 0.387. The summed E-state index contributed by atoms with van der Waals surface area (Å²) in [7, 11) is -1.44. The molecule has 0 saturated heterocycles. The summed E-state index contributed by atoms with van der Waals surface area (Å²) < 4.78 is 28.9. The van der Waals surface area contributed by atoms with Crippen molar-refractivity contribution in [1.29, 1.82) is 0 Å². The molecule has 1 heterocycles. The van der Waals surface area contributed by atoms with Crippen LogP contribution < -0.4 is 4.74 Å². The summed E-state index contributed by atoms with van der Waals surface area (Å²) in [6, 6.07) is 0. The number of aromatic nitrogens is 2. The first-order valence-electron chi connectivity index (χ1n) is 3.87. The van der Waals surface area contributed by atoms with Crippen LogP contribution in [0.1, 0.15) is 0 Å². The minimum absolute atomic E-state index is 0.0737. The Balaban J connectivity index is 2.69. The zero-order valence-corrected chi connectivity index (χ0v) is 10.3. The third kappa shape index (κ3) is 3.30. The van der Waals surface area contributed by atoms with Crippen LogP contribution in [0.2, 0.25) is 0 Å². The molecule has 14 heavy (non-hydrogen) atoms. The highest BCUT2D eigenvalue weighted by atomic mass is 79.9. The first-order chi connectivity index (χ1) is 6.42. The van der Waals surface area contributed by atoms with Crippen LogP contribution in [-0.4, -0.2) is 37.3 Å². The lowest BCUT2D eigenvalue weighted by Crippen LogP contribution is -2.11. The molecule has 1 aromatic heterocycles. The number of nitrogens with zero attached hydrogens (tertiary/aromatic N) is 2. The van der Waals surface area contributed by atoms with Crippen molar-refractivity contribution in [1.82, 2.24) is 9.78 Å². The number of hydrogen-bond acceptors (Lipinski definition) is 4. The summed E-state index contributed by atoms with van der Waals surface area (Å²) in [5, 5.41) is 4.01. The second kappa shape index (κ2) is 4.31. The van der Waals surface area contributed by atoms with Gasteiger partial charge in [0.05, 0.1) is 23.9 Å². The quantitative estimate of drug-likeness (QED) is 0.816. The van der Waals surface area contributed by atoms with Gasteiger partial charge in [0.25, 0.3) is 0 Å². The summed E-state index contributed by atoms with van der Waals surface area (Å²) in [5.41, 5.74) is 0. The fourth-order valence-electron chi connectivity index (χ4n) is 0.892. The van der Waals surface area contributed by atoms with Crippen LogP contribution in [0.3, 0.4) is 0 Å². The lowest BCUT2D eigenvalue weighted by Gasteiger charge is -1.98. The molecule has 7 heteroatoms. The van der Waals surface area contributed by atoms with E-state index in [9.17, 15) is 8.42 Å². The highest BCUT2D eigenvalue weighted by Crippen LogP contribution is 2.21. The maximum Gasteiger partial charge on any atom is 0.246 e. The van der Waals surface area contributed by atoms with Gasteiger partial charge in [-0.1, -0.05) is 0 Å². The Morgan fingerprint density at radius 2 is 2.29 bits per heavy atom. The van der Waals surface area contributed by atoms with E-state index in [1.165, 1.54) is 18.0 Å². The maximum absolute atomic E-state index is 10.9. The van der Waals surface area contributed by atoms with Crippen molar-refractivity contribution in [3.63, 3.8) is 0 Å². The van der Waals surface area contributed by atoms with Crippen LogP contribution in [0.15, 0.2) is 10.7 Å². The molecule has 0 radical (unpaired) electrons. The van der Waals surface area contributed by atoms with Crippen LogP contribution in [0.5, 0.6) is 5.88 Å². The number of sulfone groups is 1. The average molecular weight is 283 g/mol. The predicted octanol–water partition coefficient (Wildman–Crippen LogP) is 0.699. The summed E-state index contributed by atoms with van der Waals surface area (Å²) >= 11 is 3.24. The summed E-state index contributed by atoms with van der Waals surface area (Å²) in [4.78, 5) is 0. The first-order valence-corrected chi connectivity index (χ1v) is 6.72. The third-order valence-electron chi connectivity index (χ3n) is 1.57. The average Bonchev–Trinajstić information content (AvgIpc) is 2.42. The van der Waals surface area contributed by atoms with Crippen molar-refractivity contribution in [2.75, 3.05) is 19.1 Å². The highest BCUT2D eigenvalue weighted by molar-refractivity contribution is 9.10. The zero-order chi connectivity index (χ0) is 10.8. The fourth-order valence-corrected chi connectivity index (χ4v) is 1.89. The van der Waals surface area contributed by atoms with E-state index in [0.717, 1.165) is 0 Å². The van der Waals surface area contributed by atoms with E-state index >= 15 is 0 Å². The van der Waals surface area contributed by atoms with Crippen LogP contribution in [0.25, 0.3) is 0 Å². The second-order valence-corrected chi connectivity index (χ2v) is 5.99. The molecular formula is C7H11BrN2O3S. The van der Waals surface area contributed by atoms with E-state index in [2.05, 4.69) is 21.0 Å². The normalized spacial score (nSPS) is 11.6. The molecular weight excluding hydrogens is 272 g/mol. The number of aryl methyl sites for hydroxylation is 1. The molecule has 0 unspecified atom stereocenters. The summed E-state index contributed by atoms with van der Waals surface area (Å²) in [6.45, 7) is 0.334. The van der Waals surface area contributed by atoms with Crippen molar-refractivity contribution in [3.05, 3.63) is 10.7 Å². The fraction of sp³-hybridized carbons (Fsp3) is 0.571. The van der Waals surface area contributed by atoms with Crippen LogP contribution in [0, 0.1) is 0 Å². The molecule has 0 fully saturated rings. The van der Waals surface area contributed by atoms with Gasteiger partial charge in [0.2, 0.25) is 5.88 Å². The van der Waals surface area contributed by atoms with E-state index in [-0.39, 0.29) is 5.75 Å². The molecule has 0 aromatic carbocycles. The monoisotopic (exact) mass is 282 g/mol. The number of ether oxygens (including phenoxy) is 1. The van der Waals surface area contributed by atoms with Gasteiger partial charge in [-0.3, -0.25) is 4.68 Å². The first kappa shape index (κ1) is 11.5. The zero-order valence-electron chi connectivity index (χ0n) is 7.90. The minimum atomic E-state index is -2.95. The molecule has 0 bridgehead atoms. The van der Waals surface area contributed by atoms with Gasteiger partial charge in [-0.25, -0.2) is 8.42 Å². The van der Waals surface area contributed by atoms with E-state index in [0.29, 0.717) is 16.9 Å². The van der Waals surface area contributed by atoms with Crippen molar-refractivity contribution in [2.45, 2.75) is 6.54 Å². The molecule has 0 N–H and O–H groups in total.